The number of methoxy groups -OCH3 is 1. The molecule has 114 valence electrons. The molecule has 1 aromatic rings. The van der Waals surface area contributed by atoms with Crippen molar-refractivity contribution in [1.82, 2.24) is 0 Å². The molecule has 3 heteroatoms. The number of ether oxygens (including phenoxy) is 1. The van der Waals surface area contributed by atoms with Crippen molar-refractivity contribution in [2.45, 2.75) is 57.5 Å². The zero-order valence-electron chi connectivity index (χ0n) is 12.8. The summed E-state index contributed by atoms with van der Waals surface area (Å²) < 4.78 is 5.37. The van der Waals surface area contributed by atoms with Gasteiger partial charge in [0.1, 0.15) is 5.75 Å². The fraction of sp³-hybridized carbons (Fsp3) is 0.647. The van der Waals surface area contributed by atoms with Gasteiger partial charge in [0.25, 0.3) is 0 Å². The maximum absolute atomic E-state index is 10.4. The predicted molar refractivity (Wildman–Crippen MR) is 84.2 cm³/mol. The number of rotatable bonds is 10. The van der Waals surface area contributed by atoms with Crippen LogP contribution in [0.15, 0.2) is 24.3 Å². The molecule has 0 aliphatic carbocycles. The van der Waals surface area contributed by atoms with Gasteiger partial charge in [-0.05, 0) is 12.5 Å². The molecule has 0 saturated carbocycles. The third kappa shape index (κ3) is 5.14. The molecule has 0 saturated heterocycles. The highest BCUT2D eigenvalue weighted by atomic mass is 16.5. The molecule has 3 N–H and O–H groups in total. The second-order valence-electron chi connectivity index (χ2n) is 5.35. The van der Waals surface area contributed by atoms with Crippen LogP contribution in [0.25, 0.3) is 0 Å². The standard InChI is InChI=1S/C17H29NO2/c1-3-4-5-6-7-11-16(19)15(13-18)14-10-8-9-12-17(14)20-2/h8-10,12,15-16,19H,3-7,11,13,18H2,1-2H3. The van der Waals surface area contributed by atoms with E-state index in [-0.39, 0.29) is 5.92 Å². The first-order valence-corrected chi connectivity index (χ1v) is 7.75. The van der Waals surface area contributed by atoms with Crippen molar-refractivity contribution in [2.24, 2.45) is 5.73 Å². The number of aliphatic hydroxyl groups is 1. The van der Waals surface area contributed by atoms with Crippen LogP contribution in [-0.4, -0.2) is 24.9 Å². The molecule has 0 radical (unpaired) electrons. The Bertz CT molecular complexity index is 368. The first kappa shape index (κ1) is 17.0. The van der Waals surface area contributed by atoms with Crippen LogP contribution in [-0.2, 0) is 0 Å². The van der Waals surface area contributed by atoms with E-state index in [9.17, 15) is 5.11 Å². The maximum atomic E-state index is 10.4. The second-order valence-corrected chi connectivity index (χ2v) is 5.35. The number of para-hydroxylation sites is 1. The van der Waals surface area contributed by atoms with Gasteiger partial charge in [-0.1, -0.05) is 57.2 Å². The van der Waals surface area contributed by atoms with Crippen LogP contribution in [0.5, 0.6) is 5.75 Å². The Balaban J connectivity index is 2.56. The van der Waals surface area contributed by atoms with Gasteiger partial charge in [0, 0.05) is 18.0 Å². The van der Waals surface area contributed by atoms with Crippen LogP contribution in [0, 0.1) is 0 Å². The fourth-order valence-corrected chi connectivity index (χ4v) is 2.62. The minimum Gasteiger partial charge on any atom is -0.496 e. The van der Waals surface area contributed by atoms with E-state index in [1.807, 2.05) is 24.3 Å². The van der Waals surface area contributed by atoms with E-state index >= 15 is 0 Å². The normalized spacial score (nSPS) is 14.0. The molecular formula is C17H29NO2. The van der Waals surface area contributed by atoms with Crippen molar-refractivity contribution in [3.8, 4) is 5.75 Å². The summed E-state index contributed by atoms with van der Waals surface area (Å²) in [4.78, 5) is 0. The monoisotopic (exact) mass is 279 g/mol. The molecule has 0 aliphatic rings. The molecule has 0 amide bonds. The Morgan fingerprint density at radius 1 is 1.15 bits per heavy atom. The summed E-state index contributed by atoms with van der Waals surface area (Å²) in [5, 5.41) is 10.4. The summed E-state index contributed by atoms with van der Waals surface area (Å²) in [6.45, 7) is 2.65. The number of unbranched alkanes of at least 4 members (excludes halogenated alkanes) is 4. The number of nitrogens with two attached hydrogens (primary N) is 1. The zero-order chi connectivity index (χ0) is 14.8. The van der Waals surface area contributed by atoms with Gasteiger partial charge in [-0.3, -0.25) is 0 Å². The van der Waals surface area contributed by atoms with Gasteiger partial charge in [0.2, 0.25) is 0 Å². The lowest BCUT2D eigenvalue weighted by atomic mass is 9.89. The first-order valence-electron chi connectivity index (χ1n) is 7.75. The molecule has 1 rings (SSSR count). The van der Waals surface area contributed by atoms with Crippen molar-refractivity contribution in [2.75, 3.05) is 13.7 Å². The van der Waals surface area contributed by atoms with E-state index < -0.39 is 6.10 Å². The summed E-state index contributed by atoms with van der Waals surface area (Å²) in [7, 11) is 1.66. The Hall–Kier alpha value is -1.06. The molecule has 0 aliphatic heterocycles. The Morgan fingerprint density at radius 2 is 1.85 bits per heavy atom. The topological polar surface area (TPSA) is 55.5 Å². The van der Waals surface area contributed by atoms with Crippen LogP contribution in [0.4, 0.5) is 0 Å². The van der Waals surface area contributed by atoms with Gasteiger partial charge in [-0.15, -0.1) is 0 Å². The average Bonchev–Trinajstić information content (AvgIpc) is 2.48. The summed E-state index contributed by atoms with van der Waals surface area (Å²) in [6.07, 6.45) is 6.45. The van der Waals surface area contributed by atoms with Gasteiger partial charge >= 0.3 is 0 Å². The molecule has 0 aromatic heterocycles. The smallest absolute Gasteiger partial charge is 0.122 e. The van der Waals surface area contributed by atoms with Crippen LogP contribution >= 0.6 is 0 Å². The van der Waals surface area contributed by atoms with Crippen molar-refractivity contribution < 1.29 is 9.84 Å². The van der Waals surface area contributed by atoms with Gasteiger partial charge in [-0.25, -0.2) is 0 Å². The van der Waals surface area contributed by atoms with Crippen molar-refractivity contribution in [3.05, 3.63) is 29.8 Å². The third-order valence-electron chi connectivity index (χ3n) is 3.86. The molecule has 0 heterocycles. The van der Waals surface area contributed by atoms with Crippen LogP contribution < -0.4 is 10.5 Å². The van der Waals surface area contributed by atoms with E-state index in [1.165, 1.54) is 25.7 Å². The molecular weight excluding hydrogens is 250 g/mol. The molecule has 0 spiro atoms. The summed E-state index contributed by atoms with van der Waals surface area (Å²) in [6, 6.07) is 7.82. The SMILES string of the molecule is CCCCCCCC(O)C(CN)c1ccccc1OC. The molecule has 20 heavy (non-hydrogen) atoms. The van der Waals surface area contributed by atoms with Gasteiger partial charge < -0.3 is 15.6 Å². The van der Waals surface area contributed by atoms with Crippen molar-refractivity contribution in [3.63, 3.8) is 0 Å². The quantitative estimate of drug-likeness (QED) is 0.645. The lowest BCUT2D eigenvalue weighted by Crippen LogP contribution is -2.26. The van der Waals surface area contributed by atoms with Crippen LogP contribution in [0.3, 0.4) is 0 Å². The average molecular weight is 279 g/mol. The highest BCUT2D eigenvalue weighted by Gasteiger charge is 2.22. The summed E-state index contributed by atoms with van der Waals surface area (Å²) in [5.74, 6) is 0.769. The molecule has 1 aromatic carbocycles. The lowest BCUT2D eigenvalue weighted by molar-refractivity contribution is 0.131. The highest BCUT2D eigenvalue weighted by Crippen LogP contribution is 2.30. The van der Waals surface area contributed by atoms with E-state index in [0.717, 1.165) is 24.2 Å². The molecule has 0 bridgehead atoms. The molecule has 3 nitrogen and oxygen atoms in total. The van der Waals surface area contributed by atoms with Gasteiger partial charge in [0.05, 0.1) is 13.2 Å². The lowest BCUT2D eigenvalue weighted by Gasteiger charge is -2.23. The summed E-state index contributed by atoms with van der Waals surface area (Å²) in [5.41, 5.74) is 6.88. The first-order chi connectivity index (χ1) is 9.74. The zero-order valence-corrected chi connectivity index (χ0v) is 12.8. The number of aliphatic hydroxyl groups excluding tert-OH is 1. The Kier molecular flexibility index (Phi) is 8.31. The third-order valence-corrected chi connectivity index (χ3v) is 3.86. The minimum absolute atomic E-state index is 0.0441. The number of hydrogen-bond acceptors (Lipinski definition) is 3. The second kappa shape index (κ2) is 9.78. The molecule has 0 fully saturated rings. The Morgan fingerprint density at radius 3 is 2.50 bits per heavy atom. The minimum atomic E-state index is -0.391. The predicted octanol–water partition coefficient (Wildman–Crippen LogP) is 3.46. The van der Waals surface area contributed by atoms with Crippen molar-refractivity contribution in [1.29, 1.82) is 0 Å². The number of benzene rings is 1. The van der Waals surface area contributed by atoms with E-state index in [0.29, 0.717) is 6.54 Å². The van der Waals surface area contributed by atoms with E-state index in [1.54, 1.807) is 7.11 Å². The fourth-order valence-electron chi connectivity index (χ4n) is 2.62. The largest absolute Gasteiger partial charge is 0.496 e. The summed E-state index contributed by atoms with van der Waals surface area (Å²) >= 11 is 0. The molecule has 2 atom stereocenters. The highest BCUT2D eigenvalue weighted by molar-refractivity contribution is 5.37. The van der Waals surface area contributed by atoms with Crippen molar-refractivity contribution >= 4 is 0 Å². The van der Waals surface area contributed by atoms with Gasteiger partial charge in [-0.2, -0.15) is 0 Å². The van der Waals surface area contributed by atoms with E-state index in [2.05, 4.69) is 6.92 Å². The van der Waals surface area contributed by atoms with Crippen LogP contribution in [0.1, 0.15) is 56.9 Å². The number of hydrogen-bond donors (Lipinski definition) is 2. The van der Waals surface area contributed by atoms with E-state index in [4.69, 9.17) is 10.5 Å². The maximum Gasteiger partial charge on any atom is 0.122 e. The van der Waals surface area contributed by atoms with Crippen LogP contribution in [0.2, 0.25) is 0 Å². The molecule has 2 unspecified atom stereocenters. The van der Waals surface area contributed by atoms with Gasteiger partial charge in [0.15, 0.2) is 0 Å². The Labute approximate surface area is 123 Å².